The van der Waals surface area contributed by atoms with Crippen LogP contribution in [0.1, 0.15) is 21.5 Å². The normalized spacial score (nSPS) is 10.5. The SMILES string of the molecule is Cc1cc(NC(=O)NC(=O)c2ccccc2Cl)ccc1Sc1ncc(Cl)cc1C. The third kappa shape index (κ3) is 5.50. The van der Waals surface area contributed by atoms with Crippen molar-refractivity contribution in [3.8, 4) is 0 Å². The van der Waals surface area contributed by atoms with Crippen molar-refractivity contribution < 1.29 is 9.59 Å². The molecule has 1 aromatic heterocycles. The highest BCUT2D eigenvalue weighted by Gasteiger charge is 2.14. The predicted octanol–water partition coefficient (Wildman–Crippen LogP) is 6.12. The van der Waals surface area contributed by atoms with Gasteiger partial charge in [0, 0.05) is 16.8 Å². The number of rotatable bonds is 4. The summed E-state index contributed by atoms with van der Waals surface area (Å²) in [4.78, 5) is 29.7. The van der Waals surface area contributed by atoms with Crippen LogP contribution in [0.2, 0.25) is 10.0 Å². The van der Waals surface area contributed by atoms with Gasteiger partial charge in [0.15, 0.2) is 0 Å². The molecule has 0 saturated carbocycles. The van der Waals surface area contributed by atoms with Gasteiger partial charge < -0.3 is 5.32 Å². The first kappa shape index (κ1) is 21.2. The summed E-state index contributed by atoms with van der Waals surface area (Å²) in [5.41, 5.74) is 2.75. The van der Waals surface area contributed by atoms with E-state index in [1.165, 1.54) is 11.8 Å². The van der Waals surface area contributed by atoms with Crippen molar-refractivity contribution >= 4 is 52.6 Å². The van der Waals surface area contributed by atoms with E-state index in [-0.39, 0.29) is 10.6 Å². The predicted molar refractivity (Wildman–Crippen MR) is 117 cm³/mol. The fraction of sp³-hybridized carbons (Fsp3) is 0.0952. The number of pyridine rings is 1. The number of nitrogens with one attached hydrogen (secondary N) is 2. The molecule has 2 aromatic carbocycles. The molecular formula is C21H17Cl2N3O2S. The molecule has 2 N–H and O–H groups in total. The van der Waals surface area contributed by atoms with Gasteiger partial charge >= 0.3 is 6.03 Å². The second kappa shape index (κ2) is 9.31. The zero-order valence-electron chi connectivity index (χ0n) is 15.6. The van der Waals surface area contributed by atoms with E-state index < -0.39 is 11.9 Å². The molecule has 1 heterocycles. The molecule has 8 heteroatoms. The van der Waals surface area contributed by atoms with Gasteiger partial charge in [-0.25, -0.2) is 9.78 Å². The second-order valence-electron chi connectivity index (χ2n) is 6.25. The lowest BCUT2D eigenvalue weighted by molar-refractivity contribution is 0.0967. The lowest BCUT2D eigenvalue weighted by Gasteiger charge is -2.11. The van der Waals surface area contributed by atoms with Crippen LogP contribution in [0.4, 0.5) is 10.5 Å². The molecule has 3 amide bonds. The molecule has 0 aliphatic carbocycles. The first-order valence-electron chi connectivity index (χ1n) is 8.61. The quantitative estimate of drug-likeness (QED) is 0.507. The summed E-state index contributed by atoms with van der Waals surface area (Å²) in [5, 5.41) is 6.67. The van der Waals surface area contributed by atoms with Crippen LogP contribution in [0.5, 0.6) is 0 Å². The number of benzene rings is 2. The molecule has 0 aliphatic rings. The number of halogens is 2. The molecule has 0 radical (unpaired) electrons. The molecule has 0 bridgehead atoms. The number of carbonyl (C=O) groups excluding carboxylic acids is 2. The summed E-state index contributed by atoms with van der Waals surface area (Å²) < 4.78 is 0. The number of aromatic nitrogens is 1. The Hall–Kier alpha value is -2.54. The number of aryl methyl sites for hydroxylation is 2. The summed E-state index contributed by atoms with van der Waals surface area (Å²) >= 11 is 13.5. The summed E-state index contributed by atoms with van der Waals surface area (Å²) in [6.07, 6.45) is 1.61. The molecule has 0 aliphatic heterocycles. The van der Waals surface area contributed by atoms with Gasteiger partial charge in [-0.2, -0.15) is 0 Å². The van der Waals surface area contributed by atoms with Gasteiger partial charge in [-0.15, -0.1) is 0 Å². The minimum absolute atomic E-state index is 0.234. The van der Waals surface area contributed by atoms with Gasteiger partial charge in [-0.3, -0.25) is 10.1 Å². The maximum Gasteiger partial charge on any atom is 0.326 e. The van der Waals surface area contributed by atoms with Crippen LogP contribution in [0.3, 0.4) is 0 Å². The largest absolute Gasteiger partial charge is 0.326 e. The Morgan fingerprint density at radius 1 is 1.00 bits per heavy atom. The van der Waals surface area contributed by atoms with Crippen molar-refractivity contribution in [2.45, 2.75) is 23.8 Å². The number of hydrogen-bond acceptors (Lipinski definition) is 4. The highest BCUT2D eigenvalue weighted by Crippen LogP contribution is 2.33. The Balaban J connectivity index is 1.66. The maximum absolute atomic E-state index is 12.2. The number of urea groups is 1. The summed E-state index contributed by atoms with van der Waals surface area (Å²) in [5.74, 6) is -0.568. The fourth-order valence-electron chi connectivity index (χ4n) is 2.56. The van der Waals surface area contributed by atoms with Gasteiger partial charge in [0.25, 0.3) is 5.91 Å². The number of amides is 3. The van der Waals surface area contributed by atoms with Crippen LogP contribution in [0.15, 0.2) is 64.6 Å². The van der Waals surface area contributed by atoms with Crippen LogP contribution in [-0.2, 0) is 0 Å². The molecule has 5 nitrogen and oxygen atoms in total. The Morgan fingerprint density at radius 3 is 2.45 bits per heavy atom. The molecule has 148 valence electrons. The number of nitrogens with zero attached hydrogens (tertiary/aromatic N) is 1. The highest BCUT2D eigenvalue weighted by molar-refractivity contribution is 7.99. The topological polar surface area (TPSA) is 71.1 Å². The van der Waals surface area contributed by atoms with E-state index in [1.807, 2.05) is 32.0 Å². The zero-order valence-corrected chi connectivity index (χ0v) is 18.0. The minimum atomic E-state index is -0.634. The molecule has 0 unspecified atom stereocenters. The Kier molecular flexibility index (Phi) is 6.79. The molecule has 0 saturated heterocycles. The third-order valence-electron chi connectivity index (χ3n) is 3.98. The summed E-state index contributed by atoms with van der Waals surface area (Å²) in [6.45, 7) is 3.89. The molecule has 3 aromatic rings. The standard InChI is InChI=1S/C21H17Cl2N3O2S/c1-12-10-15(7-8-18(12)29-20-13(2)9-14(22)11-24-20)25-21(28)26-19(27)16-5-3-4-6-17(16)23/h3-11H,1-2H3,(H2,25,26,27,28). The van der Waals surface area contributed by atoms with E-state index in [1.54, 1.807) is 36.5 Å². The van der Waals surface area contributed by atoms with Crippen molar-refractivity contribution in [1.29, 1.82) is 0 Å². The lowest BCUT2D eigenvalue weighted by atomic mass is 10.2. The lowest BCUT2D eigenvalue weighted by Crippen LogP contribution is -2.34. The van der Waals surface area contributed by atoms with E-state index in [0.29, 0.717) is 10.7 Å². The first-order valence-corrected chi connectivity index (χ1v) is 10.2. The van der Waals surface area contributed by atoms with Crippen molar-refractivity contribution in [2.75, 3.05) is 5.32 Å². The fourth-order valence-corrected chi connectivity index (χ4v) is 3.88. The molecule has 0 fully saturated rings. The minimum Gasteiger partial charge on any atom is -0.308 e. The van der Waals surface area contributed by atoms with Gasteiger partial charge in [0.1, 0.15) is 5.03 Å². The van der Waals surface area contributed by atoms with E-state index in [2.05, 4.69) is 15.6 Å². The molecule has 0 atom stereocenters. The van der Waals surface area contributed by atoms with E-state index in [4.69, 9.17) is 23.2 Å². The summed E-state index contributed by atoms with van der Waals surface area (Å²) in [6, 6.07) is 13.2. The molecule has 3 rings (SSSR count). The zero-order chi connectivity index (χ0) is 21.0. The van der Waals surface area contributed by atoms with Crippen LogP contribution >= 0.6 is 35.0 Å². The second-order valence-corrected chi connectivity index (χ2v) is 8.12. The average molecular weight is 446 g/mol. The smallest absolute Gasteiger partial charge is 0.308 e. The van der Waals surface area contributed by atoms with Crippen molar-refractivity contribution in [3.63, 3.8) is 0 Å². The number of imide groups is 1. The van der Waals surface area contributed by atoms with Crippen molar-refractivity contribution in [1.82, 2.24) is 10.3 Å². The molecular weight excluding hydrogens is 429 g/mol. The molecule has 0 spiro atoms. The Labute approximate surface area is 182 Å². The number of hydrogen-bond donors (Lipinski definition) is 2. The monoisotopic (exact) mass is 445 g/mol. The average Bonchev–Trinajstić information content (AvgIpc) is 2.66. The van der Waals surface area contributed by atoms with Gasteiger partial charge in [0.2, 0.25) is 0 Å². The maximum atomic E-state index is 12.2. The molecule has 29 heavy (non-hydrogen) atoms. The Morgan fingerprint density at radius 2 is 1.76 bits per heavy atom. The number of anilines is 1. The van der Waals surface area contributed by atoms with Gasteiger partial charge in [-0.05, 0) is 61.4 Å². The van der Waals surface area contributed by atoms with Gasteiger partial charge in [-0.1, -0.05) is 47.1 Å². The van der Waals surface area contributed by atoms with Crippen LogP contribution in [0, 0.1) is 13.8 Å². The van der Waals surface area contributed by atoms with Crippen LogP contribution in [-0.4, -0.2) is 16.9 Å². The first-order chi connectivity index (χ1) is 13.8. The van der Waals surface area contributed by atoms with E-state index in [0.717, 1.165) is 21.0 Å². The van der Waals surface area contributed by atoms with Crippen molar-refractivity contribution in [3.05, 3.63) is 81.5 Å². The van der Waals surface area contributed by atoms with Crippen LogP contribution in [0.25, 0.3) is 0 Å². The van der Waals surface area contributed by atoms with E-state index >= 15 is 0 Å². The number of carbonyl (C=O) groups is 2. The highest BCUT2D eigenvalue weighted by atomic mass is 35.5. The third-order valence-corrected chi connectivity index (χ3v) is 5.82. The summed E-state index contributed by atoms with van der Waals surface area (Å²) in [7, 11) is 0. The van der Waals surface area contributed by atoms with E-state index in [9.17, 15) is 9.59 Å². The van der Waals surface area contributed by atoms with Crippen LogP contribution < -0.4 is 10.6 Å². The van der Waals surface area contributed by atoms with Crippen molar-refractivity contribution in [2.24, 2.45) is 0 Å². The van der Waals surface area contributed by atoms with Gasteiger partial charge in [0.05, 0.1) is 15.6 Å². The Bertz CT molecular complexity index is 1090.